The minimum Gasteiger partial charge on any atom is -0.380 e. The molecule has 110 valence electrons. The highest BCUT2D eigenvalue weighted by Gasteiger charge is 2.16. The predicted octanol–water partition coefficient (Wildman–Crippen LogP) is 1.68. The fraction of sp³-hybridized carbons (Fsp3) is 0.231. The van der Waals surface area contributed by atoms with E-state index in [-0.39, 0.29) is 11.6 Å². The van der Waals surface area contributed by atoms with E-state index in [4.69, 9.17) is 0 Å². The Labute approximate surface area is 120 Å². The number of amides is 1. The van der Waals surface area contributed by atoms with Gasteiger partial charge in [-0.1, -0.05) is 0 Å². The van der Waals surface area contributed by atoms with Gasteiger partial charge in [-0.05, 0) is 19.1 Å². The summed E-state index contributed by atoms with van der Waals surface area (Å²) in [5, 5.41) is 23.0. The quantitative estimate of drug-likeness (QED) is 0.553. The van der Waals surface area contributed by atoms with E-state index in [0.717, 1.165) is 5.56 Å². The second kappa shape index (κ2) is 6.51. The number of anilines is 1. The first-order chi connectivity index (χ1) is 10.1. The number of nitrogens with one attached hydrogen (secondary N) is 3. The first-order valence-electron chi connectivity index (χ1n) is 6.40. The van der Waals surface area contributed by atoms with Crippen molar-refractivity contribution in [2.24, 2.45) is 0 Å². The molecule has 1 amide bonds. The predicted molar refractivity (Wildman–Crippen MR) is 77.0 cm³/mol. The van der Waals surface area contributed by atoms with Crippen LogP contribution in [-0.2, 0) is 6.54 Å². The van der Waals surface area contributed by atoms with E-state index < -0.39 is 4.92 Å². The van der Waals surface area contributed by atoms with E-state index in [9.17, 15) is 14.9 Å². The van der Waals surface area contributed by atoms with Gasteiger partial charge in [-0.2, -0.15) is 5.10 Å². The Kier molecular flexibility index (Phi) is 4.50. The number of carbonyl (C=O) groups excluding carboxylic acids is 1. The first-order valence-corrected chi connectivity index (χ1v) is 6.40. The third-order valence-corrected chi connectivity index (χ3v) is 2.83. The summed E-state index contributed by atoms with van der Waals surface area (Å²) in [7, 11) is 0. The van der Waals surface area contributed by atoms with Crippen LogP contribution in [0.1, 0.15) is 22.8 Å². The summed E-state index contributed by atoms with van der Waals surface area (Å²) in [6, 6.07) is 4.24. The van der Waals surface area contributed by atoms with Crippen LogP contribution in [0.2, 0.25) is 0 Å². The molecule has 0 radical (unpaired) electrons. The Bertz CT molecular complexity index is 639. The monoisotopic (exact) mass is 289 g/mol. The van der Waals surface area contributed by atoms with Crippen LogP contribution < -0.4 is 10.6 Å². The Morgan fingerprint density at radius 3 is 2.90 bits per heavy atom. The van der Waals surface area contributed by atoms with Crippen molar-refractivity contribution >= 4 is 17.3 Å². The van der Waals surface area contributed by atoms with E-state index in [0.29, 0.717) is 24.3 Å². The molecule has 2 rings (SSSR count). The number of aromatic amines is 1. The zero-order valence-electron chi connectivity index (χ0n) is 11.4. The number of H-pyrrole nitrogens is 1. The molecule has 0 bridgehead atoms. The van der Waals surface area contributed by atoms with Crippen LogP contribution in [-0.4, -0.2) is 27.6 Å². The smallest absolute Gasteiger partial charge is 0.292 e. The molecule has 1 aromatic carbocycles. The summed E-state index contributed by atoms with van der Waals surface area (Å²) in [4.78, 5) is 22.5. The molecule has 1 heterocycles. The zero-order chi connectivity index (χ0) is 15.2. The van der Waals surface area contributed by atoms with Crippen molar-refractivity contribution in [1.29, 1.82) is 0 Å². The number of benzene rings is 1. The standard InChI is InChI=1S/C13H15N5O3/c1-2-14-11-5-10(3-4-12(11)18(20)21)13(19)15-6-9-7-16-17-8-9/h3-5,7-8,14H,2,6H2,1H3,(H,15,19)(H,16,17). The third kappa shape index (κ3) is 3.56. The van der Waals surface area contributed by atoms with Gasteiger partial charge in [0.15, 0.2) is 0 Å². The molecule has 8 heteroatoms. The van der Waals surface area contributed by atoms with Gasteiger partial charge < -0.3 is 10.6 Å². The van der Waals surface area contributed by atoms with Crippen molar-refractivity contribution in [2.75, 3.05) is 11.9 Å². The fourth-order valence-corrected chi connectivity index (χ4v) is 1.83. The highest BCUT2D eigenvalue weighted by molar-refractivity contribution is 5.95. The maximum Gasteiger partial charge on any atom is 0.292 e. The Balaban J connectivity index is 2.13. The summed E-state index contributed by atoms with van der Waals surface area (Å²) in [6.45, 7) is 2.69. The minimum absolute atomic E-state index is 0.0526. The summed E-state index contributed by atoms with van der Waals surface area (Å²) in [5.41, 5.74) is 1.49. The highest BCUT2D eigenvalue weighted by Crippen LogP contribution is 2.25. The van der Waals surface area contributed by atoms with Crippen LogP contribution in [0.15, 0.2) is 30.6 Å². The van der Waals surface area contributed by atoms with Crippen LogP contribution >= 0.6 is 0 Å². The number of rotatable bonds is 6. The van der Waals surface area contributed by atoms with Gasteiger partial charge >= 0.3 is 0 Å². The second-order valence-corrected chi connectivity index (χ2v) is 4.31. The lowest BCUT2D eigenvalue weighted by molar-refractivity contribution is -0.384. The number of nitrogens with zero attached hydrogens (tertiary/aromatic N) is 2. The van der Waals surface area contributed by atoms with E-state index in [2.05, 4.69) is 20.8 Å². The van der Waals surface area contributed by atoms with Gasteiger partial charge in [-0.25, -0.2) is 0 Å². The van der Waals surface area contributed by atoms with Crippen molar-refractivity contribution in [1.82, 2.24) is 15.5 Å². The van der Waals surface area contributed by atoms with Gasteiger partial charge in [0.05, 0.1) is 11.1 Å². The first kappa shape index (κ1) is 14.5. The van der Waals surface area contributed by atoms with Crippen LogP contribution in [0.4, 0.5) is 11.4 Å². The molecular formula is C13H15N5O3. The topological polar surface area (TPSA) is 113 Å². The molecule has 0 spiro atoms. The number of nitro benzene ring substituents is 1. The third-order valence-electron chi connectivity index (χ3n) is 2.83. The van der Waals surface area contributed by atoms with E-state index in [1.165, 1.54) is 18.2 Å². The lowest BCUT2D eigenvalue weighted by Crippen LogP contribution is -2.22. The molecule has 0 unspecified atom stereocenters. The molecule has 2 aromatic rings. The molecule has 0 saturated heterocycles. The van der Waals surface area contributed by atoms with Crippen LogP contribution in [0.5, 0.6) is 0 Å². The summed E-state index contributed by atoms with van der Waals surface area (Å²) < 4.78 is 0. The molecule has 3 N–H and O–H groups in total. The lowest BCUT2D eigenvalue weighted by atomic mass is 10.1. The Morgan fingerprint density at radius 1 is 1.48 bits per heavy atom. The molecule has 0 saturated carbocycles. The molecule has 0 atom stereocenters. The average Bonchev–Trinajstić information content (AvgIpc) is 2.98. The molecule has 0 aliphatic heterocycles. The van der Waals surface area contributed by atoms with Gasteiger partial charge in [0, 0.05) is 36.5 Å². The fourth-order valence-electron chi connectivity index (χ4n) is 1.83. The van der Waals surface area contributed by atoms with E-state index in [1.54, 1.807) is 12.4 Å². The maximum atomic E-state index is 12.0. The number of nitro groups is 1. The van der Waals surface area contributed by atoms with Crippen molar-refractivity contribution in [3.63, 3.8) is 0 Å². The largest absolute Gasteiger partial charge is 0.380 e. The maximum absolute atomic E-state index is 12.0. The van der Waals surface area contributed by atoms with Crippen molar-refractivity contribution < 1.29 is 9.72 Å². The van der Waals surface area contributed by atoms with Crippen LogP contribution in [0, 0.1) is 10.1 Å². The SMILES string of the molecule is CCNc1cc(C(=O)NCc2cn[nH]c2)ccc1[N+](=O)[O-]. The zero-order valence-corrected chi connectivity index (χ0v) is 11.4. The summed E-state index contributed by atoms with van der Waals surface area (Å²) >= 11 is 0. The minimum atomic E-state index is -0.481. The lowest BCUT2D eigenvalue weighted by Gasteiger charge is -2.08. The molecular weight excluding hydrogens is 274 g/mol. The molecule has 8 nitrogen and oxygen atoms in total. The molecule has 1 aromatic heterocycles. The normalized spacial score (nSPS) is 10.1. The van der Waals surface area contributed by atoms with Gasteiger partial charge in [-0.3, -0.25) is 20.0 Å². The van der Waals surface area contributed by atoms with Crippen molar-refractivity contribution in [2.45, 2.75) is 13.5 Å². The van der Waals surface area contributed by atoms with E-state index in [1.807, 2.05) is 6.92 Å². The average molecular weight is 289 g/mol. The van der Waals surface area contributed by atoms with Crippen LogP contribution in [0.25, 0.3) is 0 Å². The summed E-state index contributed by atoms with van der Waals surface area (Å²) in [6.07, 6.45) is 3.29. The Hall–Kier alpha value is -2.90. The molecule has 0 fully saturated rings. The van der Waals surface area contributed by atoms with Crippen LogP contribution in [0.3, 0.4) is 0 Å². The van der Waals surface area contributed by atoms with Crippen molar-refractivity contribution in [3.8, 4) is 0 Å². The summed E-state index contributed by atoms with van der Waals surface area (Å²) in [5.74, 6) is -0.301. The molecule has 0 aliphatic carbocycles. The molecule has 0 aliphatic rings. The van der Waals surface area contributed by atoms with Crippen molar-refractivity contribution in [3.05, 3.63) is 51.8 Å². The highest BCUT2D eigenvalue weighted by atomic mass is 16.6. The van der Waals surface area contributed by atoms with E-state index >= 15 is 0 Å². The van der Waals surface area contributed by atoms with Gasteiger partial charge in [0.1, 0.15) is 5.69 Å². The number of hydrogen-bond donors (Lipinski definition) is 3. The van der Waals surface area contributed by atoms with Gasteiger partial charge in [0.25, 0.3) is 11.6 Å². The number of aromatic nitrogens is 2. The molecule has 21 heavy (non-hydrogen) atoms. The number of carbonyl (C=O) groups is 1. The van der Waals surface area contributed by atoms with Gasteiger partial charge in [-0.15, -0.1) is 0 Å². The second-order valence-electron chi connectivity index (χ2n) is 4.31. The van der Waals surface area contributed by atoms with Gasteiger partial charge in [0.2, 0.25) is 0 Å². The Morgan fingerprint density at radius 2 is 2.29 bits per heavy atom. The number of hydrogen-bond acceptors (Lipinski definition) is 5.